The van der Waals surface area contributed by atoms with Crippen molar-refractivity contribution in [2.24, 2.45) is 17.8 Å². The van der Waals surface area contributed by atoms with Crippen molar-refractivity contribution in [2.45, 2.75) is 83.7 Å². The van der Waals surface area contributed by atoms with Gasteiger partial charge in [0.25, 0.3) is 0 Å². The number of rotatable bonds is 7. The van der Waals surface area contributed by atoms with Gasteiger partial charge in [-0.1, -0.05) is 31.4 Å². The normalized spacial score (nSPS) is 28.4. The molecule has 2 aliphatic carbocycles. The smallest absolute Gasteiger partial charge is 0.338 e. The maximum absolute atomic E-state index is 13.0. The molecule has 0 N–H and O–H groups in total. The number of unbranched alkanes of at least 4 members (excludes halogenated alkanes) is 1. The zero-order chi connectivity index (χ0) is 19.8. The van der Waals surface area contributed by atoms with E-state index in [0.29, 0.717) is 5.56 Å². The van der Waals surface area contributed by atoms with Crippen molar-refractivity contribution < 1.29 is 13.9 Å². The first-order valence-electron chi connectivity index (χ1n) is 11.2. The number of ether oxygens (including phenoxy) is 1. The fraction of sp³-hybridized carbons (Fsp3) is 0.640. The predicted octanol–water partition coefficient (Wildman–Crippen LogP) is 7.09. The number of hydrogen-bond donors (Lipinski definition) is 0. The van der Waals surface area contributed by atoms with E-state index in [4.69, 9.17) is 4.74 Å². The lowest BCUT2D eigenvalue weighted by atomic mass is 9.70. The van der Waals surface area contributed by atoms with E-state index >= 15 is 0 Å². The number of hydrogen-bond acceptors (Lipinski definition) is 2. The molecule has 1 aromatic rings. The number of allylic oxidation sites excluding steroid dienone is 2. The molecule has 1 aromatic carbocycles. The molecule has 2 saturated carbocycles. The maximum atomic E-state index is 13.0. The molecule has 28 heavy (non-hydrogen) atoms. The van der Waals surface area contributed by atoms with Crippen LogP contribution in [0.15, 0.2) is 36.4 Å². The van der Waals surface area contributed by atoms with Crippen LogP contribution in [0.3, 0.4) is 0 Å². The van der Waals surface area contributed by atoms with Gasteiger partial charge in [0, 0.05) is 0 Å². The molecule has 2 nitrogen and oxygen atoms in total. The minimum atomic E-state index is -0.329. The number of halogens is 1. The molecule has 3 rings (SSSR count). The molecular formula is C25H35FO2. The lowest BCUT2D eigenvalue weighted by Gasteiger charge is -2.37. The Bertz CT molecular complexity index is 620. The topological polar surface area (TPSA) is 26.3 Å². The van der Waals surface area contributed by atoms with Gasteiger partial charge in [-0.2, -0.15) is 0 Å². The summed E-state index contributed by atoms with van der Waals surface area (Å²) in [6, 6.07) is 5.62. The van der Waals surface area contributed by atoms with Crippen LogP contribution < -0.4 is 0 Å². The van der Waals surface area contributed by atoms with E-state index < -0.39 is 0 Å². The second kappa shape index (κ2) is 10.8. The highest BCUT2D eigenvalue weighted by molar-refractivity contribution is 5.89. The summed E-state index contributed by atoms with van der Waals surface area (Å²) >= 11 is 0. The molecular weight excluding hydrogens is 351 g/mol. The summed E-state index contributed by atoms with van der Waals surface area (Å²) < 4.78 is 18.7. The molecule has 154 valence electrons. The second-order valence-corrected chi connectivity index (χ2v) is 8.73. The van der Waals surface area contributed by atoms with E-state index in [0.717, 1.165) is 30.6 Å². The number of benzene rings is 1. The Balaban J connectivity index is 1.35. The summed E-state index contributed by atoms with van der Waals surface area (Å²) in [5.41, 5.74) is 0.441. The molecule has 0 amide bonds. The van der Waals surface area contributed by atoms with Gasteiger partial charge in [-0.25, -0.2) is 9.18 Å². The van der Waals surface area contributed by atoms with Gasteiger partial charge >= 0.3 is 5.97 Å². The van der Waals surface area contributed by atoms with E-state index in [9.17, 15) is 9.18 Å². The molecule has 0 aromatic heterocycles. The number of carbonyl (C=O) groups is 1. The molecule has 0 unspecified atom stereocenters. The van der Waals surface area contributed by atoms with Crippen LogP contribution in [0, 0.1) is 23.6 Å². The molecule has 0 heterocycles. The minimum Gasteiger partial charge on any atom is -0.459 e. The Labute approximate surface area is 169 Å². The Morgan fingerprint density at radius 2 is 1.61 bits per heavy atom. The third-order valence-corrected chi connectivity index (χ3v) is 6.85. The quantitative estimate of drug-likeness (QED) is 0.284. The summed E-state index contributed by atoms with van der Waals surface area (Å²) in [4.78, 5) is 12.2. The third-order valence-electron chi connectivity index (χ3n) is 6.85. The van der Waals surface area contributed by atoms with Crippen molar-refractivity contribution in [2.75, 3.05) is 0 Å². The average Bonchev–Trinajstić information content (AvgIpc) is 2.73. The summed E-state index contributed by atoms with van der Waals surface area (Å²) in [7, 11) is 0. The molecule has 0 radical (unpaired) electrons. The molecule has 0 bridgehead atoms. The van der Waals surface area contributed by atoms with Crippen molar-refractivity contribution in [1.82, 2.24) is 0 Å². The summed E-state index contributed by atoms with van der Waals surface area (Å²) in [5.74, 6) is 1.98. The summed E-state index contributed by atoms with van der Waals surface area (Å²) in [6.07, 6.45) is 18.3. The van der Waals surface area contributed by atoms with E-state index in [2.05, 4.69) is 19.1 Å². The highest BCUT2D eigenvalue weighted by Gasteiger charge is 2.31. The number of carbonyl (C=O) groups excluding carboxylic acids is 1. The van der Waals surface area contributed by atoms with E-state index in [1.165, 1.54) is 82.1 Å². The maximum Gasteiger partial charge on any atom is 0.338 e. The van der Waals surface area contributed by atoms with Crippen molar-refractivity contribution >= 4 is 5.97 Å². The summed E-state index contributed by atoms with van der Waals surface area (Å²) in [5, 5.41) is 0. The van der Waals surface area contributed by atoms with Crippen LogP contribution in [0.4, 0.5) is 4.39 Å². The van der Waals surface area contributed by atoms with E-state index in [1.807, 2.05) is 0 Å². The first kappa shape index (κ1) is 21.1. The standard InChI is InChI=1S/C25H35FO2/c1-2-3-4-5-6-19-7-9-20(10-8-19)21-13-17-24(18-14-21)28-25(27)22-11-15-23(26)16-12-22/h2-3,11-12,15-16,19-21,24H,4-10,13-14,17-18H2,1H3/b3-2-/t19-,20-,21-,24-. The lowest BCUT2D eigenvalue weighted by molar-refractivity contribution is 0.0109. The van der Waals surface area contributed by atoms with Crippen LogP contribution in [0.25, 0.3) is 0 Å². The molecule has 0 aliphatic heterocycles. The highest BCUT2D eigenvalue weighted by atomic mass is 19.1. The SMILES string of the molecule is C/C=C\CCC[C@H]1CC[C@H]([C@H]2CC[C@H](OC(=O)c3ccc(F)cc3)CC2)CC1. The fourth-order valence-corrected chi connectivity index (χ4v) is 5.12. The Kier molecular flexibility index (Phi) is 8.12. The fourth-order valence-electron chi connectivity index (χ4n) is 5.12. The van der Waals surface area contributed by atoms with Gasteiger partial charge in [-0.15, -0.1) is 0 Å². The van der Waals surface area contributed by atoms with Crippen LogP contribution in [-0.4, -0.2) is 12.1 Å². The third kappa shape index (κ3) is 6.18. The van der Waals surface area contributed by atoms with E-state index in [-0.39, 0.29) is 17.9 Å². The van der Waals surface area contributed by atoms with Gasteiger partial charge in [0.05, 0.1) is 5.56 Å². The van der Waals surface area contributed by atoms with Crippen LogP contribution in [0.1, 0.15) is 87.9 Å². The monoisotopic (exact) mass is 386 g/mol. The second-order valence-electron chi connectivity index (χ2n) is 8.73. The predicted molar refractivity (Wildman–Crippen MR) is 112 cm³/mol. The van der Waals surface area contributed by atoms with Crippen LogP contribution >= 0.6 is 0 Å². The van der Waals surface area contributed by atoms with E-state index in [1.54, 1.807) is 0 Å². The summed E-state index contributed by atoms with van der Waals surface area (Å²) in [6.45, 7) is 2.10. The largest absolute Gasteiger partial charge is 0.459 e. The van der Waals surface area contributed by atoms with Crippen LogP contribution in [0.5, 0.6) is 0 Å². The Morgan fingerprint density at radius 1 is 1.00 bits per heavy atom. The van der Waals surface area contributed by atoms with Gasteiger partial charge in [0.2, 0.25) is 0 Å². The first-order chi connectivity index (χ1) is 13.7. The van der Waals surface area contributed by atoms with Gasteiger partial charge in [-0.05, 0) is 100 Å². The van der Waals surface area contributed by atoms with Crippen molar-refractivity contribution in [1.29, 1.82) is 0 Å². The average molecular weight is 387 g/mol. The Hall–Kier alpha value is -1.64. The molecule has 2 aliphatic rings. The van der Waals surface area contributed by atoms with Crippen molar-refractivity contribution in [3.05, 3.63) is 47.8 Å². The lowest BCUT2D eigenvalue weighted by Crippen LogP contribution is -2.29. The van der Waals surface area contributed by atoms with Crippen LogP contribution in [0.2, 0.25) is 0 Å². The molecule has 2 fully saturated rings. The van der Waals surface area contributed by atoms with Crippen molar-refractivity contribution in [3.63, 3.8) is 0 Å². The molecule has 0 spiro atoms. The Morgan fingerprint density at radius 3 is 2.21 bits per heavy atom. The van der Waals surface area contributed by atoms with Gasteiger partial charge in [0.15, 0.2) is 0 Å². The van der Waals surface area contributed by atoms with Gasteiger partial charge < -0.3 is 4.74 Å². The van der Waals surface area contributed by atoms with Crippen molar-refractivity contribution in [3.8, 4) is 0 Å². The molecule has 3 heteroatoms. The van der Waals surface area contributed by atoms with Crippen LogP contribution in [-0.2, 0) is 4.74 Å². The van der Waals surface area contributed by atoms with Gasteiger partial charge in [0.1, 0.15) is 11.9 Å². The zero-order valence-electron chi connectivity index (χ0n) is 17.2. The zero-order valence-corrected chi connectivity index (χ0v) is 17.2. The van der Waals surface area contributed by atoms with Gasteiger partial charge in [-0.3, -0.25) is 0 Å². The molecule has 0 atom stereocenters. The highest BCUT2D eigenvalue weighted by Crippen LogP contribution is 2.41. The first-order valence-corrected chi connectivity index (χ1v) is 11.2. The minimum absolute atomic E-state index is 0.0248. The molecule has 0 saturated heterocycles. The number of esters is 1.